The van der Waals surface area contributed by atoms with Crippen molar-refractivity contribution in [3.05, 3.63) is 29.8 Å². The second-order valence-corrected chi connectivity index (χ2v) is 6.90. The zero-order valence-corrected chi connectivity index (χ0v) is 15.9. The lowest BCUT2D eigenvalue weighted by molar-refractivity contribution is -0.121. The van der Waals surface area contributed by atoms with Crippen molar-refractivity contribution in [2.45, 2.75) is 51.0 Å². The van der Waals surface area contributed by atoms with Gasteiger partial charge in [0.05, 0.1) is 7.11 Å². The molecule has 6 nitrogen and oxygen atoms in total. The Morgan fingerprint density at radius 2 is 1.88 bits per heavy atom. The molecule has 0 spiro atoms. The van der Waals surface area contributed by atoms with Gasteiger partial charge in [-0.3, -0.25) is 4.79 Å². The van der Waals surface area contributed by atoms with E-state index < -0.39 is 0 Å². The number of carbonyl (C=O) groups excluding carboxylic acids is 2. The summed E-state index contributed by atoms with van der Waals surface area (Å²) in [6.07, 6.45) is 6.68. The molecule has 1 aliphatic carbocycles. The average Bonchev–Trinajstić information content (AvgIpc) is 3.15. The molecular weight excluding hydrogens is 330 g/mol. The summed E-state index contributed by atoms with van der Waals surface area (Å²) in [5.74, 6) is 0.876. The standard InChI is InChI=1S/C20H31N3O3/c1-23(15-5-6-16-9-11-18(26-2)12-10-16)20(25)21-14-13-19(24)22-17-7-3-4-8-17/h9-12,17H,3-8,13-15H2,1-2H3,(H,21,25)(H,22,24). The first-order valence-electron chi connectivity index (χ1n) is 9.49. The summed E-state index contributed by atoms with van der Waals surface area (Å²) in [5.41, 5.74) is 1.23. The highest BCUT2D eigenvalue weighted by Gasteiger charge is 2.17. The minimum Gasteiger partial charge on any atom is -0.497 e. The van der Waals surface area contributed by atoms with Gasteiger partial charge in [-0.1, -0.05) is 25.0 Å². The normalized spacial score (nSPS) is 14.1. The molecule has 1 aromatic carbocycles. The van der Waals surface area contributed by atoms with Gasteiger partial charge in [0.25, 0.3) is 0 Å². The van der Waals surface area contributed by atoms with Crippen LogP contribution < -0.4 is 15.4 Å². The number of urea groups is 1. The molecule has 2 rings (SSSR count). The predicted molar refractivity (Wildman–Crippen MR) is 102 cm³/mol. The molecule has 1 saturated carbocycles. The minimum atomic E-state index is -0.131. The van der Waals surface area contributed by atoms with E-state index in [0.717, 1.165) is 31.4 Å². The quantitative estimate of drug-likeness (QED) is 0.710. The van der Waals surface area contributed by atoms with Gasteiger partial charge in [0.15, 0.2) is 0 Å². The number of hydrogen-bond acceptors (Lipinski definition) is 3. The van der Waals surface area contributed by atoms with Gasteiger partial charge < -0.3 is 20.3 Å². The maximum absolute atomic E-state index is 12.1. The molecule has 6 heteroatoms. The monoisotopic (exact) mass is 361 g/mol. The van der Waals surface area contributed by atoms with Crippen molar-refractivity contribution in [1.29, 1.82) is 0 Å². The van der Waals surface area contributed by atoms with Crippen LogP contribution in [0.3, 0.4) is 0 Å². The molecule has 26 heavy (non-hydrogen) atoms. The van der Waals surface area contributed by atoms with E-state index in [1.165, 1.54) is 18.4 Å². The van der Waals surface area contributed by atoms with Gasteiger partial charge in [-0.15, -0.1) is 0 Å². The molecular formula is C20H31N3O3. The van der Waals surface area contributed by atoms with E-state index in [4.69, 9.17) is 4.74 Å². The van der Waals surface area contributed by atoms with Gasteiger partial charge in [0.2, 0.25) is 5.91 Å². The van der Waals surface area contributed by atoms with E-state index in [-0.39, 0.29) is 11.9 Å². The number of aryl methyl sites for hydroxylation is 1. The Balaban J connectivity index is 1.57. The van der Waals surface area contributed by atoms with E-state index >= 15 is 0 Å². The van der Waals surface area contributed by atoms with Crippen LogP contribution in [0.4, 0.5) is 4.79 Å². The molecule has 144 valence electrons. The molecule has 0 radical (unpaired) electrons. The first kappa shape index (κ1) is 20.1. The van der Waals surface area contributed by atoms with Gasteiger partial charge in [-0.05, 0) is 43.4 Å². The van der Waals surface area contributed by atoms with Crippen molar-refractivity contribution in [2.24, 2.45) is 0 Å². The van der Waals surface area contributed by atoms with Crippen LogP contribution in [-0.4, -0.2) is 50.1 Å². The number of benzene rings is 1. The summed E-state index contributed by atoms with van der Waals surface area (Å²) >= 11 is 0. The number of hydrogen-bond donors (Lipinski definition) is 2. The van der Waals surface area contributed by atoms with E-state index in [9.17, 15) is 9.59 Å². The van der Waals surface area contributed by atoms with Gasteiger partial charge in [0, 0.05) is 32.6 Å². The number of rotatable bonds is 9. The van der Waals surface area contributed by atoms with Crippen LogP contribution in [0.25, 0.3) is 0 Å². The molecule has 1 fully saturated rings. The Morgan fingerprint density at radius 3 is 2.54 bits per heavy atom. The lowest BCUT2D eigenvalue weighted by Crippen LogP contribution is -2.40. The smallest absolute Gasteiger partial charge is 0.317 e. The van der Waals surface area contributed by atoms with Gasteiger partial charge in [-0.25, -0.2) is 4.79 Å². The molecule has 0 bridgehead atoms. The largest absolute Gasteiger partial charge is 0.497 e. The molecule has 0 atom stereocenters. The fourth-order valence-corrected chi connectivity index (χ4v) is 3.20. The maximum atomic E-state index is 12.1. The number of nitrogens with one attached hydrogen (secondary N) is 2. The summed E-state index contributed by atoms with van der Waals surface area (Å²) in [7, 11) is 3.43. The van der Waals surface area contributed by atoms with E-state index in [2.05, 4.69) is 10.6 Å². The van der Waals surface area contributed by atoms with E-state index in [1.54, 1.807) is 19.1 Å². The summed E-state index contributed by atoms with van der Waals surface area (Å²) in [4.78, 5) is 25.6. The van der Waals surface area contributed by atoms with Crippen molar-refractivity contribution in [1.82, 2.24) is 15.5 Å². The lowest BCUT2D eigenvalue weighted by Gasteiger charge is -2.18. The molecule has 2 N–H and O–H groups in total. The number of amides is 3. The summed E-state index contributed by atoms with van der Waals surface area (Å²) in [6.45, 7) is 1.05. The number of carbonyl (C=O) groups is 2. The Kier molecular flexibility index (Phi) is 8.25. The fraction of sp³-hybridized carbons (Fsp3) is 0.600. The third-order valence-electron chi connectivity index (χ3n) is 4.81. The van der Waals surface area contributed by atoms with Crippen LogP contribution in [0.5, 0.6) is 5.75 Å². The summed E-state index contributed by atoms with van der Waals surface area (Å²) in [5, 5.41) is 5.84. The molecule has 1 aliphatic rings. The highest BCUT2D eigenvalue weighted by Crippen LogP contribution is 2.17. The number of ether oxygens (including phenoxy) is 1. The minimum absolute atomic E-state index is 0.0272. The van der Waals surface area contributed by atoms with Gasteiger partial charge in [-0.2, -0.15) is 0 Å². The summed E-state index contributed by atoms with van der Waals surface area (Å²) < 4.78 is 5.14. The fourth-order valence-electron chi connectivity index (χ4n) is 3.20. The number of nitrogens with zero attached hydrogens (tertiary/aromatic N) is 1. The Hall–Kier alpha value is -2.24. The molecule has 0 aliphatic heterocycles. The molecule has 0 unspecified atom stereocenters. The lowest BCUT2D eigenvalue weighted by atomic mass is 10.1. The first-order valence-corrected chi connectivity index (χ1v) is 9.49. The van der Waals surface area contributed by atoms with Crippen molar-refractivity contribution in [3.8, 4) is 5.75 Å². The second kappa shape index (κ2) is 10.7. The van der Waals surface area contributed by atoms with Crippen LogP contribution in [0.1, 0.15) is 44.1 Å². The van der Waals surface area contributed by atoms with Crippen LogP contribution in [0.2, 0.25) is 0 Å². The Bertz CT molecular complexity index is 568. The SMILES string of the molecule is COc1ccc(CCCN(C)C(=O)NCCC(=O)NC2CCCC2)cc1. The molecule has 3 amide bonds. The maximum Gasteiger partial charge on any atom is 0.317 e. The third kappa shape index (κ3) is 6.94. The van der Waals surface area contributed by atoms with Crippen LogP contribution in [-0.2, 0) is 11.2 Å². The van der Waals surface area contributed by atoms with Gasteiger partial charge >= 0.3 is 6.03 Å². The highest BCUT2D eigenvalue weighted by atomic mass is 16.5. The number of methoxy groups -OCH3 is 1. The highest BCUT2D eigenvalue weighted by molar-refractivity contribution is 5.78. The topological polar surface area (TPSA) is 70.7 Å². The molecule has 0 heterocycles. The average molecular weight is 361 g/mol. The molecule has 1 aromatic rings. The molecule has 0 saturated heterocycles. The van der Waals surface area contributed by atoms with Crippen LogP contribution in [0.15, 0.2) is 24.3 Å². The third-order valence-corrected chi connectivity index (χ3v) is 4.81. The van der Waals surface area contributed by atoms with E-state index in [1.807, 2.05) is 24.3 Å². The molecule has 0 aromatic heterocycles. The van der Waals surface area contributed by atoms with Crippen molar-refractivity contribution in [2.75, 3.05) is 27.2 Å². The van der Waals surface area contributed by atoms with Crippen molar-refractivity contribution >= 4 is 11.9 Å². The first-order chi connectivity index (χ1) is 12.6. The second-order valence-electron chi connectivity index (χ2n) is 6.90. The Morgan fingerprint density at radius 1 is 1.19 bits per heavy atom. The Labute approximate surface area is 156 Å². The zero-order valence-electron chi connectivity index (χ0n) is 15.9. The van der Waals surface area contributed by atoms with E-state index in [0.29, 0.717) is 25.6 Å². The predicted octanol–water partition coefficient (Wildman–Crippen LogP) is 2.72. The van der Waals surface area contributed by atoms with Crippen molar-refractivity contribution < 1.29 is 14.3 Å². The zero-order chi connectivity index (χ0) is 18.8. The van der Waals surface area contributed by atoms with Gasteiger partial charge in [0.1, 0.15) is 5.75 Å². The van der Waals surface area contributed by atoms with Crippen LogP contribution in [0, 0.1) is 0 Å². The van der Waals surface area contributed by atoms with Crippen LogP contribution >= 0.6 is 0 Å². The van der Waals surface area contributed by atoms with Crippen molar-refractivity contribution in [3.63, 3.8) is 0 Å². The summed E-state index contributed by atoms with van der Waals surface area (Å²) in [6, 6.07) is 8.18.